The maximum atomic E-state index is 13.3. The lowest BCUT2D eigenvalue weighted by Crippen LogP contribution is -2.31. The second-order valence-corrected chi connectivity index (χ2v) is 7.24. The number of anilines is 2. The van der Waals surface area contributed by atoms with Gasteiger partial charge >= 0.3 is 0 Å². The van der Waals surface area contributed by atoms with Crippen LogP contribution < -0.4 is 10.6 Å². The summed E-state index contributed by atoms with van der Waals surface area (Å²) >= 11 is 0. The van der Waals surface area contributed by atoms with Gasteiger partial charge in [0.1, 0.15) is 6.04 Å². The minimum Gasteiger partial charge on any atom is -0.396 e. The van der Waals surface area contributed by atoms with Gasteiger partial charge in [0.25, 0.3) is 11.6 Å². The van der Waals surface area contributed by atoms with E-state index in [-0.39, 0.29) is 12.3 Å². The maximum absolute atomic E-state index is 13.3. The molecule has 1 unspecified atom stereocenters. The number of nitro benzene ring substituents is 1. The second kappa shape index (κ2) is 8.94. The summed E-state index contributed by atoms with van der Waals surface area (Å²) in [5.74, 6) is 0.529. The number of nitrogens with one attached hydrogen (secondary N) is 2. The number of aryl methyl sites for hydroxylation is 1. The van der Waals surface area contributed by atoms with Gasteiger partial charge in [0, 0.05) is 37.1 Å². The summed E-state index contributed by atoms with van der Waals surface area (Å²) in [5, 5.41) is 31.0. The summed E-state index contributed by atoms with van der Waals surface area (Å²) in [6.45, 7) is 1.75. The van der Waals surface area contributed by atoms with Crippen molar-refractivity contribution in [2.75, 3.05) is 17.2 Å². The number of nitrogens with zero attached hydrogens (tertiary/aromatic N) is 5. The van der Waals surface area contributed by atoms with E-state index in [0.29, 0.717) is 47.1 Å². The van der Waals surface area contributed by atoms with E-state index in [1.807, 2.05) is 0 Å². The highest BCUT2D eigenvalue weighted by Gasteiger charge is 2.35. The number of aliphatic hydroxyl groups excluding tert-OH is 1. The van der Waals surface area contributed by atoms with Crippen LogP contribution in [0.1, 0.15) is 30.8 Å². The summed E-state index contributed by atoms with van der Waals surface area (Å²) in [5.41, 5.74) is 1.85. The van der Waals surface area contributed by atoms with Gasteiger partial charge in [-0.05, 0) is 31.0 Å². The molecule has 11 nitrogen and oxygen atoms in total. The quantitative estimate of drug-likeness (QED) is 0.378. The molecule has 0 aliphatic carbocycles. The summed E-state index contributed by atoms with van der Waals surface area (Å²) in [4.78, 5) is 32.7. The van der Waals surface area contributed by atoms with Crippen LogP contribution in [-0.2, 0) is 11.2 Å². The van der Waals surface area contributed by atoms with Gasteiger partial charge in [0.05, 0.1) is 22.4 Å². The first kappa shape index (κ1) is 21.1. The fraction of sp³-hybridized carbons (Fsp3) is 0.238. The second-order valence-electron chi connectivity index (χ2n) is 7.24. The molecule has 4 rings (SSSR count). The number of non-ortho nitro benzene ring substituents is 1. The summed E-state index contributed by atoms with van der Waals surface area (Å²) in [7, 11) is 0. The average molecular weight is 435 g/mol. The molecular weight excluding hydrogens is 414 g/mol. The number of carbonyl (C=O) groups excluding carboxylic acids is 1. The zero-order valence-corrected chi connectivity index (χ0v) is 17.2. The van der Waals surface area contributed by atoms with Gasteiger partial charge in [-0.2, -0.15) is 10.1 Å². The summed E-state index contributed by atoms with van der Waals surface area (Å²) in [6, 6.07) is 8.80. The molecule has 3 heterocycles. The van der Waals surface area contributed by atoms with Crippen molar-refractivity contribution in [2.45, 2.75) is 25.8 Å². The predicted octanol–water partition coefficient (Wildman–Crippen LogP) is 2.43. The van der Waals surface area contributed by atoms with Gasteiger partial charge in [-0.1, -0.05) is 12.1 Å². The van der Waals surface area contributed by atoms with E-state index in [1.54, 1.807) is 42.1 Å². The number of hydrogen-bond acceptors (Lipinski definition) is 8. The largest absolute Gasteiger partial charge is 0.396 e. The molecule has 164 valence electrons. The van der Waals surface area contributed by atoms with Gasteiger partial charge < -0.3 is 15.7 Å². The number of amides is 1. The molecular formula is C21H21N7O4. The van der Waals surface area contributed by atoms with Crippen molar-refractivity contribution in [1.29, 1.82) is 0 Å². The Hall–Kier alpha value is -4.12. The molecule has 0 saturated heterocycles. The Morgan fingerprint density at radius 3 is 2.91 bits per heavy atom. The van der Waals surface area contributed by atoms with E-state index >= 15 is 0 Å². The molecule has 0 radical (unpaired) electrons. The molecule has 1 aromatic carbocycles. The Balaban J connectivity index is 1.79. The minimum atomic E-state index is -0.738. The third-order valence-electron chi connectivity index (χ3n) is 5.02. The molecule has 2 aromatic heterocycles. The predicted molar refractivity (Wildman–Crippen MR) is 116 cm³/mol. The van der Waals surface area contributed by atoms with Crippen LogP contribution in [-0.4, -0.2) is 42.3 Å². The molecule has 0 bridgehead atoms. The number of fused-ring (bicyclic) bond motifs is 1. The van der Waals surface area contributed by atoms with Crippen molar-refractivity contribution in [2.24, 2.45) is 0 Å². The molecule has 3 aromatic rings. The monoisotopic (exact) mass is 435 g/mol. The molecule has 3 N–H and O–H groups in total. The van der Waals surface area contributed by atoms with Crippen molar-refractivity contribution >= 4 is 23.2 Å². The smallest absolute Gasteiger partial charge is 0.269 e. The SMILES string of the molecule is CC1=C(C(=O)Nc2cccnc2)C(c2cccc([N+](=O)[O-])c2)n2nc(CCCO)nc2N1. The van der Waals surface area contributed by atoms with Crippen LogP contribution in [0.2, 0.25) is 0 Å². The molecule has 0 fully saturated rings. The molecule has 1 aliphatic rings. The van der Waals surface area contributed by atoms with E-state index < -0.39 is 16.9 Å². The number of nitro groups is 1. The highest BCUT2D eigenvalue weighted by Crippen LogP contribution is 2.36. The third kappa shape index (κ3) is 4.18. The zero-order valence-electron chi connectivity index (χ0n) is 17.2. The molecule has 0 spiro atoms. The van der Waals surface area contributed by atoms with E-state index in [9.17, 15) is 14.9 Å². The van der Waals surface area contributed by atoms with Crippen molar-refractivity contribution in [3.05, 3.63) is 81.6 Å². The molecule has 1 atom stereocenters. The Bertz CT molecular complexity index is 1190. The fourth-order valence-corrected chi connectivity index (χ4v) is 3.58. The summed E-state index contributed by atoms with van der Waals surface area (Å²) < 4.78 is 1.55. The maximum Gasteiger partial charge on any atom is 0.269 e. The van der Waals surface area contributed by atoms with Gasteiger partial charge in [0.15, 0.2) is 5.82 Å². The molecule has 1 aliphatic heterocycles. The van der Waals surface area contributed by atoms with Crippen molar-refractivity contribution in [1.82, 2.24) is 19.7 Å². The highest BCUT2D eigenvalue weighted by molar-refractivity contribution is 6.05. The van der Waals surface area contributed by atoms with Crippen LogP contribution in [0.15, 0.2) is 60.1 Å². The lowest BCUT2D eigenvalue weighted by molar-refractivity contribution is -0.384. The van der Waals surface area contributed by atoms with E-state index in [1.165, 1.54) is 18.3 Å². The molecule has 0 saturated carbocycles. The number of carbonyl (C=O) groups is 1. The fourth-order valence-electron chi connectivity index (χ4n) is 3.58. The standard InChI is InChI=1S/C21H21N7O4/c1-13-18(20(30)24-15-6-3-9-22-12-15)19(14-5-2-7-16(11-14)28(31)32)27-21(23-13)25-17(26-27)8-4-10-29/h2-3,5-7,9,11-12,19,29H,4,8,10H2,1H3,(H,24,30)(H,23,25,26). The molecule has 11 heteroatoms. The number of aromatic nitrogens is 4. The van der Waals surface area contributed by atoms with E-state index in [4.69, 9.17) is 5.11 Å². The average Bonchev–Trinajstić information content (AvgIpc) is 3.19. The van der Waals surface area contributed by atoms with Crippen molar-refractivity contribution in [3.8, 4) is 0 Å². The van der Waals surface area contributed by atoms with E-state index in [2.05, 4.69) is 25.7 Å². The van der Waals surface area contributed by atoms with Crippen LogP contribution in [0.3, 0.4) is 0 Å². The number of hydrogen-bond donors (Lipinski definition) is 3. The van der Waals surface area contributed by atoms with Crippen LogP contribution in [0.25, 0.3) is 0 Å². The normalized spacial score (nSPS) is 15.1. The first-order chi connectivity index (χ1) is 15.5. The number of rotatable bonds is 7. The van der Waals surface area contributed by atoms with Crippen LogP contribution >= 0.6 is 0 Å². The molecule has 32 heavy (non-hydrogen) atoms. The van der Waals surface area contributed by atoms with Gasteiger partial charge in [-0.15, -0.1) is 0 Å². The lowest BCUT2D eigenvalue weighted by atomic mass is 9.94. The zero-order chi connectivity index (χ0) is 22.7. The Labute approximate surface area is 183 Å². The lowest BCUT2D eigenvalue weighted by Gasteiger charge is -2.28. The third-order valence-corrected chi connectivity index (χ3v) is 5.02. The van der Waals surface area contributed by atoms with Crippen molar-refractivity contribution in [3.63, 3.8) is 0 Å². The van der Waals surface area contributed by atoms with Gasteiger partial charge in [-0.3, -0.25) is 19.9 Å². The highest BCUT2D eigenvalue weighted by atomic mass is 16.6. The number of aliphatic hydroxyl groups is 1. The molecule has 1 amide bonds. The Morgan fingerprint density at radius 2 is 2.19 bits per heavy atom. The van der Waals surface area contributed by atoms with Crippen LogP contribution in [0.4, 0.5) is 17.3 Å². The first-order valence-corrected chi connectivity index (χ1v) is 9.97. The van der Waals surface area contributed by atoms with Gasteiger partial charge in [-0.25, -0.2) is 4.68 Å². The summed E-state index contributed by atoms with van der Waals surface area (Å²) in [6.07, 6.45) is 4.08. The van der Waals surface area contributed by atoms with E-state index in [0.717, 1.165) is 0 Å². The van der Waals surface area contributed by atoms with Crippen molar-refractivity contribution < 1.29 is 14.8 Å². The minimum absolute atomic E-state index is 0.00164. The Kier molecular flexibility index (Phi) is 5.90. The number of allylic oxidation sites excluding steroid dienone is 1. The topological polar surface area (TPSA) is 148 Å². The number of benzene rings is 1. The van der Waals surface area contributed by atoms with Crippen LogP contribution in [0.5, 0.6) is 0 Å². The van der Waals surface area contributed by atoms with Gasteiger partial charge in [0.2, 0.25) is 5.95 Å². The van der Waals surface area contributed by atoms with Crippen LogP contribution in [0, 0.1) is 10.1 Å². The Morgan fingerprint density at radius 1 is 1.34 bits per heavy atom. The first-order valence-electron chi connectivity index (χ1n) is 9.97. The number of pyridine rings is 1.